The molecular formula is C15H28BrNO. The van der Waals surface area contributed by atoms with Gasteiger partial charge < -0.3 is 5.11 Å². The van der Waals surface area contributed by atoms with Crippen LogP contribution in [0.3, 0.4) is 0 Å². The van der Waals surface area contributed by atoms with Crippen molar-refractivity contribution in [1.82, 2.24) is 4.90 Å². The summed E-state index contributed by atoms with van der Waals surface area (Å²) < 4.78 is 0. The van der Waals surface area contributed by atoms with Crippen LogP contribution in [0.15, 0.2) is 0 Å². The lowest BCUT2D eigenvalue weighted by atomic mass is 9.75. The second-order valence-corrected chi connectivity index (χ2v) is 6.89. The smallest absolute Gasteiger partial charge is 0.0431 e. The monoisotopic (exact) mass is 317 g/mol. The van der Waals surface area contributed by atoms with E-state index >= 15 is 0 Å². The molecule has 1 unspecified atom stereocenters. The molecular weight excluding hydrogens is 290 g/mol. The Bertz CT molecular complexity index is 241. The highest BCUT2D eigenvalue weighted by Gasteiger charge is 2.36. The van der Waals surface area contributed by atoms with E-state index in [4.69, 9.17) is 5.11 Å². The molecule has 18 heavy (non-hydrogen) atoms. The van der Waals surface area contributed by atoms with Gasteiger partial charge in [0.1, 0.15) is 0 Å². The maximum Gasteiger partial charge on any atom is 0.0431 e. The average Bonchev–Trinajstić information content (AvgIpc) is 2.84. The van der Waals surface area contributed by atoms with Crippen molar-refractivity contribution in [3.63, 3.8) is 0 Å². The molecule has 2 nitrogen and oxygen atoms in total. The first kappa shape index (κ1) is 14.8. The number of alkyl halides is 1. The number of hydrogen-bond donors (Lipinski definition) is 1. The number of nitrogens with zero attached hydrogens (tertiary/aromatic N) is 1. The van der Waals surface area contributed by atoms with Gasteiger partial charge in [-0.1, -0.05) is 35.2 Å². The van der Waals surface area contributed by atoms with Crippen LogP contribution in [0.4, 0.5) is 0 Å². The van der Waals surface area contributed by atoms with Gasteiger partial charge in [-0.3, -0.25) is 4.90 Å². The highest BCUT2D eigenvalue weighted by atomic mass is 79.9. The second kappa shape index (κ2) is 7.25. The maximum absolute atomic E-state index is 9.01. The van der Waals surface area contributed by atoms with Crippen LogP contribution in [0, 0.1) is 5.41 Å². The standard InChI is InChI=1S/C15H28BrNO/c16-12-15(8-2-1-3-9-15)13-17-10-4-6-14(17)7-5-11-18/h14,18H,1-13H2. The molecule has 1 aliphatic carbocycles. The van der Waals surface area contributed by atoms with Gasteiger partial charge in [-0.05, 0) is 50.5 Å². The molecule has 0 bridgehead atoms. The molecule has 1 saturated carbocycles. The minimum Gasteiger partial charge on any atom is -0.396 e. The highest BCUT2D eigenvalue weighted by molar-refractivity contribution is 9.09. The Balaban J connectivity index is 1.89. The number of aliphatic hydroxyl groups excluding tert-OH is 1. The fourth-order valence-electron chi connectivity index (χ4n) is 3.82. The summed E-state index contributed by atoms with van der Waals surface area (Å²) in [5, 5.41) is 10.2. The average molecular weight is 318 g/mol. The summed E-state index contributed by atoms with van der Waals surface area (Å²) in [4.78, 5) is 2.72. The van der Waals surface area contributed by atoms with Gasteiger partial charge in [0.25, 0.3) is 0 Å². The van der Waals surface area contributed by atoms with Crippen LogP contribution in [0.1, 0.15) is 57.8 Å². The molecule has 0 amide bonds. The quantitative estimate of drug-likeness (QED) is 0.757. The molecule has 0 radical (unpaired) electrons. The van der Waals surface area contributed by atoms with Crippen molar-refractivity contribution in [2.24, 2.45) is 5.41 Å². The minimum atomic E-state index is 0.355. The van der Waals surface area contributed by atoms with Crippen LogP contribution < -0.4 is 0 Å². The molecule has 0 aromatic carbocycles. The van der Waals surface area contributed by atoms with Gasteiger partial charge in [0.2, 0.25) is 0 Å². The van der Waals surface area contributed by atoms with Crippen molar-refractivity contribution in [3.8, 4) is 0 Å². The Morgan fingerprint density at radius 1 is 1.17 bits per heavy atom. The summed E-state index contributed by atoms with van der Waals surface area (Å²) in [5.74, 6) is 0. The number of halogens is 1. The van der Waals surface area contributed by atoms with Crippen LogP contribution >= 0.6 is 15.9 Å². The Labute approximate surface area is 120 Å². The van der Waals surface area contributed by atoms with Crippen LogP contribution in [-0.2, 0) is 0 Å². The number of aliphatic hydroxyl groups is 1. The van der Waals surface area contributed by atoms with Gasteiger partial charge in [-0.15, -0.1) is 0 Å². The minimum absolute atomic E-state index is 0.355. The normalized spacial score (nSPS) is 28.7. The largest absolute Gasteiger partial charge is 0.396 e. The third kappa shape index (κ3) is 3.71. The van der Waals surface area contributed by atoms with E-state index in [2.05, 4.69) is 20.8 Å². The summed E-state index contributed by atoms with van der Waals surface area (Å²) in [6, 6.07) is 0.745. The topological polar surface area (TPSA) is 23.5 Å². The molecule has 1 aliphatic heterocycles. The molecule has 1 atom stereocenters. The predicted molar refractivity (Wildman–Crippen MR) is 80.2 cm³/mol. The number of likely N-dealkylation sites (tertiary alicyclic amines) is 1. The van der Waals surface area contributed by atoms with Crippen molar-refractivity contribution in [1.29, 1.82) is 0 Å². The lowest BCUT2D eigenvalue weighted by Gasteiger charge is -2.40. The molecule has 106 valence electrons. The maximum atomic E-state index is 9.01. The van der Waals surface area contributed by atoms with Crippen molar-refractivity contribution >= 4 is 15.9 Å². The first-order valence-corrected chi connectivity index (χ1v) is 8.83. The first-order valence-electron chi connectivity index (χ1n) is 7.70. The van der Waals surface area contributed by atoms with E-state index in [0.29, 0.717) is 12.0 Å². The summed E-state index contributed by atoms with van der Waals surface area (Å²) in [7, 11) is 0. The SMILES string of the molecule is OCCCC1CCCN1CC1(CBr)CCCCC1. The van der Waals surface area contributed by atoms with E-state index in [0.717, 1.165) is 12.5 Å². The lowest BCUT2D eigenvalue weighted by molar-refractivity contribution is 0.111. The third-order valence-corrected chi connectivity index (χ3v) is 6.12. The van der Waals surface area contributed by atoms with Crippen LogP contribution in [0.25, 0.3) is 0 Å². The zero-order valence-electron chi connectivity index (χ0n) is 11.5. The van der Waals surface area contributed by atoms with E-state index < -0.39 is 0 Å². The van der Waals surface area contributed by atoms with Gasteiger partial charge in [-0.2, -0.15) is 0 Å². The summed E-state index contributed by atoms with van der Waals surface area (Å²) in [6.07, 6.45) is 11.9. The van der Waals surface area contributed by atoms with Crippen LogP contribution in [0.5, 0.6) is 0 Å². The van der Waals surface area contributed by atoms with E-state index in [1.807, 2.05) is 0 Å². The van der Waals surface area contributed by atoms with Crippen molar-refractivity contribution < 1.29 is 5.11 Å². The van der Waals surface area contributed by atoms with E-state index in [-0.39, 0.29) is 0 Å². The fraction of sp³-hybridized carbons (Fsp3) is 1.00. The molecule has 3 heteroatoms. The predicted octanol–water partition coefficient (Wildman–Crippen LogP) is 3.57. The molecule has 0 spiro atoms. The second-order valence-electron chi connectivity index (χ2n) is 6.33. The van der Waals surface area contributed by atoms with E-state index in [9.17, 15) is 0 Å². The van der Waals surface area contributed by atoms with Crippen molar-refractivity contribution in [2.75, 3.05) is 25.0 Å². The van der Waals surface area contributed by atoms with Gasteiger partial charge in [-0.25, -0.2) is 0 Å². The molecule has 1 saturated heterocycles. The molecule has 2 aliphatic rings. The van der Waals surface area contributed by atoms with Gasteiger partial charge in [0, 0.05) is 24.5 Å². The fourth-order valence-corrected chi connectivity index (χ4v) is 4.56. The Hall–Kier alpha value is 0.400. The Kier molecular flexibility index (Phi) is 5.96. The molecule has 2 fully saturated rings. The van der Waals surface area contributed by atoms with Crippen LogP contribution in [-0.4, -0.2) is 41.1 Å². The van der Waals surface area contributed by atoms with Crippen LogP contribution in [0.2, 0.25) is 0 Å². The van der Waals surface area contributed by atoms with Gasteiger partial charge in [0.15, 0.2) is 0 Å². The lowest BCUT2D eigenvalue weighted by Crippen LogP contribution is -2.42. The molecule has 1 N–H and O–H groups in total. The van der Waals surface area contributed by atoms with E-state index in [1.54, 1.807) is 0 Å². The third-order valence-electron chi connectivity index (χ3n) is 4.93. The zero-order valence-corrected chi connectivity index (χ0v) is 13.1. The molecule has 1 heterocycles. The molecule has 0 aromatic rings. The number of hydrogen-bond acceptors (Lipinski definition) is 2. The highest BCUT2D eigenvalue weighted by Crippen LogP contribution is 2.40. The molecule has 2 rings (SSSR count). The summed E-state index contributed by atoms with van der Waals surface area (Å²) >= 11 is 3.78. The Morgan fingerprint density at radius 3 is 2.61 bits per heavy atom. The van der Waals surface area contributed by atoms with Crippen molar-refractivity contribution in [3.05, 3.63) is 0 Å². The first-order chi connectivity index (χ1) is 8.79. The van der Waals surface area contributed by atoms with Crippen molar-refractivity contribution in [2.45, 2.75) is 63.8 Å². The summed E-state index contributed by atoms with van der Waals surface area (Å²) in [6.45, 7) is 2.92. The Morgan fingerprint density at radius 2 is 1.94 bits per heavy atom. The van der Waals surface area contributed by atoms with Gasteiger partial charge >= 0.3 is 0 Å². The van der Waals surface area contributed by atoms with Gasteiger partial charge in [0.05, 0.1) is 0 Å². The summed E-state index contributed by atoms with van der Waals surface area (Å²) in [5.41, 5.74) is 0.542. The molecule has 0 aromatic heterocycles. The van der Waals surface area contributed by atoms with E-state index in [1.165, 1.54) is 69.8 Å². The zero-order chi connectivity index (χ0) is 12.8. The number of rotatable bonds is 6.